The van der Waals surface area contributed by atoms with Crippen LogP contribution in [0.3, 0.4) is 0 Å². The molecule has 1 aromatic carbocycles. The number of fused-ring (bicyclic) bond motifs is 1. The number of hydrogen-bond donors (Lipinski definition) is 1. The second-order valence-electron chi connectivity index (χ2n) is 6.98. The Balaban J connectivity index is 1.73. The molecule has 0 radical (unpaired) electrons. The van der Waals surface area contributed by atoms with Crippen LogP contribution in [0.25, 0.3) is 0 Å². The van der Waals surface area contributed by atoms with E-state index in [4.69, 9.17) is 5.73 Å². The largest absolute Gasteiger partial charge is 0.329 e. The predicted octanol–water partition coefficient (Wildman–Crippen LogP) is 3.54. The molecule has 1 heterocycles. The molecule has 1 saturated carbocycles. The van der Waals surface area contributed by atoms with Gasteiger partial charge in [0, 0.05) is 25.7 Å². The quantitative estimate of drug-likeness (QED) is 0.908. The summed E-state index contributed by atoms with van der Waals surface area (Å²) in [5.74, 6) is 2.49. The third-order valence-corrected chi connectivity index (χ3v) is 5.41. The first-order chi connectivity index (χ1) is 9.69. The average Bonchev–Trinajstić information content (AvgIpc) is 3.01. The Hall–Kier alpha value is -0.860. The molecule has 3 unspecified atom stereocenters. The summed E-state index contributed by atoms with van der Waals surface area (Å²) in [5, 5.41) is 0. The zero-order valence-corrected chi connectivity index (χ0v) is 12.9. The Morgan fingerprint density at radius 2 is 1.60 bits per heavy atom. The molecular formula is C18H28N2. The van der Waals surface area contributed by atoms with E-state index in [2.05, 4.69) is 43.0 Å². The van der Waals surface area contributed by atoms with Gasteiger partial charge in [-0.05, 0) is 41.7 Å². The van der Waals surface area contributed by atoms with E-state index in [1.807, 2.05) is 0 Å². The van der Waals surface area contributed by atoms with Crippen molar-refractivity contribution >= 4 is 0 Å². The van der Waals surface area contributed by atoms with Crippen molar-refractivity contribution in [2.24, 2.45) is 17.6 Å². The van der Waals surface area contributed by atoms with Gasteiger partial charge in [-0.15, -0.1) is 0 Å². The highest BCUT2D eigenvalue weighted by Gasteiger charge is 2.38. The zero-order valence-electron chi connectivity index (χ0n) is 12.9. The maximum absolute atomic E-state index is 6.09. The van der Waals surface area contributed by atoms with E-state index >= 15 is 0 Å². The minimum atomic E-state index is 0.418. The Morgan fingerprint density at radius 1 is 1.05 bits per heavy atom. The Kier molecular flexibility index (Phi) is 4.13. The van der Waals surface area contributed by atoms with Crippen LogP contribution in [-0.4, -0.2) is 24.5 Å². The number of benzene rings is 1. The Bertz CT molecular complexity index is 425. The molecule has 3 rings (SSSR count). The standard InChI is InChI=1S/C18H28N2/c1-13(2)14-6-8-15(9-7-14)18(10-19)20-11-16-4-3-5-17(16)12-20/h6-9,13,16-18H,3-5,10-12,19H2,1-2H3. The first-order valence-electron chi connectivity index (χ1n) is 8.23. The van der Waals surface area contributed by atoms with E-state index in [-0.39, 0.29) is 0 Å². The monoisotopic (exact) mass is 272 g/mol. The van der Waals surface area contributed by atoms with E-state index < -0.39 is 0 Å². The fourth-order valence-corrected chi connectivity index (χ4v) is 4.12. The minimum absolute atomic E-state index is 0.418. The van der Waals surface area contributed by atoms with Crippen molar-refractivity contribution in [1.82, 2.24) is 4.90 Å². The highest BCUT2D eigenvalue weighted by molar-refractivity contribution is 5.27. The molecule has 20 heavy (non-hydrogen) atoms. The lowest BCUT2D eigenvalue weighted by atomic mass is 9.98. The van der Waals surface area contributed by atoms with Crippen molar-refractivity contribution in [3.05, 3.63) is 35.4 Å². The van der Waals surface area contributed by atoms with Crippen LogP contribution in [-0.2, 0) is 0 Å². The number of nitrogens with two attached hydrogens (primary N) is 1. The molecule has 110 valence electrons. The summed E-state index contributed by atoms with van der Waals surface area (Å²) in [4.78, 5) is 2.64. The van der Waals surface area contributed by atoms with E-state index in [0.717, 1.165) is 18.4 Å². The Morgan fingerprint density at radius 3 is 2.10 bits per heavy atom. The van der Waals surface area contributed by atoms with E-state index in [1.165, 1.54) is 43.5 Å². The summed E-state index contributed by atoms with van der Waals surface area (Å²) in [6, 6.07) is 9.56. The molecule has 2 nitrogen and oxygen atoms in total. The number of likely N-dealkylation sites (tertiary alicyclic amines) is 1. The molecule has 2 N–H and O–H groups in total. The SMILES string of the molecule is CC(C)c1ccc(C(CN)N2CC3CCCC3C2)cc1. The molecular weight excluding hydrogens is 244 g/mol. The molecule has 1 aliphatic carbocycles. The second-order valence-corrected chi connectivity index (χ2v) is 6.98. The van der Waals surface area contributed by atoms with Crippen LogP contribution in [0, 0.1) is 11.8 Å². The normalized spacial score (nSPS) is 28.0. The fourth-order valence-electron chi connectivity index (χ4n) is 4.12. The molecule has 1 aliphatic heterocycles. The van der Waals surface area contributed by atoms with Gasteiger partial charge in [-0.25, -0.2) is 0 Å². The second kappa shape index (κ2) is 5.87. The molecule has 1 saturated heterocycles. The van der Waals surface area contributed by atoms with Crippen molar-refractivity contribution in [2.75, 3.05) is 19.6 Å². The van der Waals surface area contributed by atoms with Gasteiger partial charge in [0.2, 0.25) is 0 Å². The molecule has 2 heteroatoms. The highest BCUT2D eigenvalue weighted by atomic mass is 15.2. The van der Waals surface area contributed by atoms with Crippen molar-refractivity contribution in [3.63, 3.8) is 0 Å². The minimum Gasteiger partial charge on any atom is -0.329 e. The van der Waals surface area contributed by atoms with Crippen LogP contribution in [0.2, 0.25) is 0 Å². The third-order valence-electron chi connectivity index (χ3n) is 5.41. The van der Waals surface area contributed by atoms with Crippen molar-refractivity contribution < 1.29 is 0 Å². The van der Waals surface area contributed by atoms with Gasteiger partial charge in [-0.1, -0.05) is 44.5 Å². The smallest absolute Gasteiger partial charge is 0.0470 e. The van der Waals surface area contributed by atoms with Gasteiger partial charge in [0.25, 0.3) is 0 Å². The highest BCUT2D eigenvalue weighted by Crippen LogP contribution is 2.40. The molecule has 0 spiro atoms. The summed E-state index contributed by atoms with van der Waals surface area (Å²) < 4.78 is 0. The lowest BCUT2D eigenvalue weighted by Crippen LogP contribution is -2.32. The summed E-state index contributed by atoms with van der Waals surface area (Å²) >= 11 is 0. The summed E-state index contributed by atoms with van der Waals surface area (Å²) in [5.41, 5.74) is 8.91. The first-order valence-corrected chi connectivity index (χ1v) is 8.23. The van der Waals surface area contributed by atoms with Crippen molar-refractivity contribution in [2.45, 2.75) is 45.1 Å². The van der Waals surface area contributed by atoms with Gasteiger partial charge < -0.3 is 5.73 Å². The Labute approximate surface area is 123 Å². The molecule has 1 aromatic rings. The van der Waals surface area contributed by atoms with Crippen LogP contribution >= 0.6 is 0 Å². The van der Waals surface area contributed by atoms with Crippen molar-refractivity contribution in [3.8, 4) is 0 Å². The van der Waals surface area contributed by atoms with Crippen LogP contribution in [0.1, 0.15) is 56.2 Å². The number of nitrogens with zero attached hydrogens (tertiary/aromatic N) is 1. The molecule has 0 amide bonds. The van der Waals surface area contributed by atoms with Gasteiger partial charge >= 0.3 is 0 Å². The third kappa shape index (κ3) is 2.64. The zero-order chi connectivity index (χ0) is 14.1. The molecule has 2 aliphatic rings. The fraction of sp³-hybridized carbons (Fsp3) is 0.667. The van der Waals surface area contributed by atoms with Gasteiger partial charge in [0.1, 0.15) is 0 Å². The van der Waals surface area contributed by atoms with E-state index in [0.29, 0.717) is 12.0 Å². The van der Waals surface area contributed by atoms with E-state index in [1.54, 1.807) is 0 Å². The van der Waals surface area contributed by atoms with Gasteiger partial charge in [-0.2, -0.15) is 0 Å². The summed E-state index contributed by atoms with van der Waals surface area (Å²) in [6.07, 6.45) is 4.31. The topological polar surface area (TPSA) is 29.3 Å². The summed E-state index contributed by atoms with van der Waals surface area (Å²) in [6.45, 7) is 7.76. The van der Waals surface area contributed by atoms with E-state index in [9.17, 15) is 0 Å². The summed E-state index contributed by atoms with van der Waals surface area (Å²) in [7, 11) is 0. The van der Waals surface area contributed by atoms with Crippen LogP contribution in [0.4, 0.5) is 0 Å². The van der Waals surface area contributed by atoms with Crippen LogP contribution in [0.15, 0.2) is 24.3 Å². The first kappa shape index (κ1) is 14.1. The molecule has 0 aromatic heterocycles. The van der Waals surface area contributed by atoms with Crippen LogP contribution in [0.5, 0.6) is 0 Å². The van der Waals surface area contributed by atoms with Crippen molar-refractivity contribution in [1.29, 1.82) is 0 Å². The van der Waals surface area contributed by atoms with Gasteiger partial charge in [0.15, 0.2) is 0 Å². The lowest BCUT2D eigenvalue weighted by Gasteiger charge is -2.28. The lowest BCUT2D eigenvalue weighted by molar-refractivity contribution is 0.232. The molecule has 3 atom stereocenters. The maximum atomic E-state index is 6.09. The number of rotatable bonds is 4. The predicted molar refractivity (Wildman–Crippen MR) is 84.7 cm³/mol. The number of hydrogen-bond acceptors (Lipinski definition) is 2. The van der Waals surface area contributed by atoms with Gasteiger partial charge in [0.05, 0.1) is 0 Å². The van der Waals surface area contributed by atoms with Crippen LogP contribution < -0.4 is 5.73 Å². The molecule has 2 fully saturated rings. The molecule has 0 bridgehead atoms. The van der Waals surface area contributed by atoms with Gasteiger partial charge in [-0.3, -0.25) is 4.90 Å². The average molecular weight is 272 g/mol. The maximum Gasteiger partial charge on any atom is 0.0470 e.